The second-order valence-electron chi connectivity index (χ2n) is 13.7. The Morgan fingerprint density at radius 2 is 1.30 bits per heavy atom. The fourth-order valence-corrected chi connectivity index (χ4v) is 7.68. The van der Waals surface area contributed by atoms with Crippen molar-refractivity contribution in [2.45, 2.75) is 45.2 Å². The summed E-state index contributed by atoms with van der Waals surface area (Å²) in [5.74, 6) is -1.12. The first kappa shape index (κ1) is 35.8. The minimum Gasteiger partial charge on any atom is -0.395 e. The lowest BCUT2D eigenvalue weighted by molar-refractivity contribution is -0.696. The number of hydrogen-bond acceptors (Lipinski definition) is 8. The summed E-state index contributed by atoms with van der Waals surface area (Å²) in [6, 6.07) is 18.4. The monoisotopic (exact) mass is 717 g/mol. The van der Waals surface area contributed by atoms with Crippen LogP contribution in [0.3, 0.4) is 0 Å². The molecule has 0 saturated heterocycles. The van der Waals surface area contributed by atoms with Gasteiger partial charge in [0.2, 0.25) is 6.33 Å². The molecule has 0 unspecified atom stereocenters. The second-order valence-corrected chi connectivity index (χ2v) is 13.7. The molecular weight excluding hydrogens is 672 g/mol. The van der Waals surface area contributed by atoms with Crippen molar-refractivity contribution in [2.24, 2.45) is 0 Å². The van der Waals surface area contributed by atoms with Crippen LogP contribution in [-0.2, 0) is 13.1 Å². The van der Waals surface area contributed by atoms with Gasteiger partial charge in [-0.2, -0.15) is 0 Å². The Bertz CT molecular complexity index is 2160. The molecule has 0 fully saturated rings. The van der Waals surface area contributed by atoms with E-state index >= 15 is 0 Å². The van der Waals surface area contributed by atoms with Crippen molar-refractivity contribution < 1.29 is 34.0 Å². The number of imide groups is 2. The zero-order valence-electron chi connectivity index (χ0n) is 30.0. The molecule has 3 N–H and O–H groups in total. The van der Waals surface area contributed by atoms with Crippen LogP contribution in [0.1, 0.15) is 73.5 Å². The average molecular weight is 718 g/mol. The highest BCUT2D eigenvalue weighted by Gasteiger charge is 2.34. The van der Waals surface area contributed by atoms with Crippen molar-refractivity contribution in [1.29, 1.82) is 0 Å². The maximum absolute atomic E-state index is 13.5. The molecule has 12 nitrogen and oxygen atoms in total. The highest BCUT2D eigenvalue weighted by Crippen LogP contribution is 2.37. The van der Waals surface area contributed by atoms with Crippen LogP contribution in [0.4, 0.5) is 11.4 Å². The molecule has 0 aliphatic carbocycles. The van der Waals surface area contributed by atoms with Crippen molar-refractivity contribution in [2.75, 3.05) is 56.7 Å². The number of carbonyl (C=O) groups is 4. The SMILES string of the molecule is CN1C(=O)c2cccc3c(NCCCn4cc[n+](CCCCCCN5C(=O)c6cccc7c(N(CCO)CCO)ccc(c67)C5=O)c4)ccc(c23)C1=O. The number of imidazole rings is 1. The summed E-state index contributed by atoms with van der Waals surface area (Å²) < 4.78 is 4.34. The maximum atomic E-state index is 13.5. The fourth-order valence-electron chi connectivity index (χ4n) is 7.68. The van der Waals surface area contributed by atoms with Crippen molar-refractivity contribution in [3.63, 3.8) is 0 Å². The third-order valence-electron chi connectivity index (χ3n) is 10.4. The van der Waals surface area contributed by atoms with Gasteiger partial charge in [-0.15, -0.1) is 0 Å². The number of benzene rings is 4. The Morgan fingerprint density at radius 3 is 2.04 bits per heavy atom. The smallest absolute Gasteiger partial charge is 0.261 e. The number of aliphatic hydroxyl groups excluding tert-OH is 2. The molecule has 0 atom stereocenters. The maximum Gasteiger partial charge on any atom is 0.261 e. The summed E-state index contributed by atoms with van der Waals surface area (Å²) in [7, 11) is 1.52. The van der Waals surface area contributed by atoms with E-state index in [-0.39, 0.29) is 36.8 Å². The molecule has 12 heteroatoms. The summed E-state index contributed by atoms with van der Waals surface area (Å²) in [6.45, 7) is 3.32. The number of unbranched alkanes of at least 4 members (excludes halogenated alkanes) is 3. The molecule has 0 spiro atoms. The lowest BCUT2D eigenvalue weighted by Crippen LogP contribution is -2.41. The number of nitrogens with one attached hydrogen (secondary N) is 1. The third-order valence-corrected chi connectivity index (χ3v) is 10.4. The zero-order chi connectivity index (χ0) is 37.1. The van der Waals surface area contributed by atoms with Crippen LogP contribution in [-0.4, -0.2) is 94.6 Å². The molecule has 4 amide bonds. The van der Waals surface area contributed by atoms with Crippen LogP contribution in [0.5, 0.6) is 0 Å². The number of hydrogen-bond donors (Lipinski definition) is 3. The number of aryl methyl sites for hydroxylation is 2. The van der Waals surface area contributed by atoms with Crippen LogP contribution in [0, 0.1) is 0 Å². The van der Waals surface area contributed by atoms with Crippen molar-refractivity contribution in [1.82, 2.24) is 14.4 Å². The number of amides is 4. The average Bonchev–Trinajstić information content (AvgIpc) is 3.63. The lowest BCUT2D eigenvalue weighted by atomic mass is 9.92. The van der Waals surface area contributed by atoms with Crippen LogP contribution < -0.4 is 14.8 Å². The van der Waals surface area contributed by atoms with Gasteiger partial charge in [-0.25, -0.2) is 9.13 Å². The van der Waals surface area contributed by atoms with Crippen molar-refractivity contribution in [3.05, 3.63) is 102 Å². The van der Waals surface area contributed by atoms with Gasteiger partial charge in [-0.3, -0.25) is 29.0 Å². The van der Waals surface area contributed by atoms with Gasteiger partial charge in [-0.1, -0.05) is 30.7 Å². The molecule has 274 valence electrons. The number of aliphatic hydroxyl groups is 2. The highest BCUT2D eigenvalue weighted by molar-refractivity contribution is 6.27. The van der Waals surface area contributed by atoms with E-state index in [9.17, 15) is 29.4 Å². The Morgan fingerprint density at radius 1 is 0.679 bits per heavy atom. The fraction of sp³-hybridized carbons (Fsp3) is 0.341. The van der Waals surface area contributed by atoms with Crippen LogP contribution in [0.15, 0.2) is 79.4 Å². The van der Waals surface area contributed by atoms with Gasteiger partial charge in [0, 0.05) is 94.8 Å². The summed E-state index contributed by atoms with van der Waals surface area (Å²) in [4.78, 5) is 56.8. The molecule has 3 heterocycles. The second kappa shape index (κ2) is 15.6. The van der Waals surface area contributed by atoms with E-state index in [0.717, 1.165) is 73.9 Å². The van der Waals surface area contributed by atoms with Gasteiger partial charge in [0.25, 0.3) is 23.6 Å². The first-order chi connectivity index (χ1) is 25.8. The standard InChI is InChI=1S/C41H44N6O6/c1-43-38(50)30-11-6-9-28-34(15-13-32(36(28)30)39(43)51)42-17-8-19-45-22-21-44(27-45)18-4-2-3-5-20-47-40(52)31-12-7-10-29-35(46(23-25-48)24-26-49)16-14-33(37(29)31)41(47)53/h6-7,9-16,21-22,27,48-49H,2-5,8,17-20,23-26H2,1H3/p+1. The quantitative estimate of drug-likeness (QED) is 0.0729. The van der Waals surface area contributed by atoms with E-state index in [2.05, 4.69) is 33.2 Å². The largest absolute Gasteiger partial charge is 0.395 e. The number of aromatic nitrogens is 2. The predicted molar refractivity (Wildman–Crippen MR) is 202 cm³/mol. The van der Waals surface area contributed by atoms with Crippen molar-refractivity contribution >= 4 is 56.5 Å². The molecular formula is C41H45N6O6+. The first-order valence-electron chi connectivity index (χ1n) is 18.4. The summed E-state index contributed by atoms with van der Waals surface area (Å²) >= 11 is 0. The van der Waals surface area contributed by atoms with E-state index in [1.807, 2.05) is 41.3 Å². The van der Waals surface area contributed by atoms with E-state index in [0.29, 0.717) is 52.7 Å². The normalized spacial score (nSPS) is 13.9. The number of carbonyl (C=O) groups excluding carboxylic acids is 4. The van der Waals surface area contributed by atoms with Gasteiger partial charge < -0.3 is 20.4 Å². The Labute approximate surface area is 307 Å². The molecule has 1 aromatic heterocycles. The Balaban J connectivity index is 0.861. The summed E-state index contributed by atoms with van der Waals surface area (Å²) in [6.07, 6.45) is 10.7. The number of anilines is 2. The molecule has 0 radical (unpaired) electrons. The third kappa shape index (κ3) is 6.87. The zero-order valence-corrected chi connectivity index (χ0v) is 30.0. The van der Waals surface area contributed by atoms with E-state index in [1.54, 1.807) is 24.3 Å². The topological polar surface area (TPSA) is 139 Å². The molecule has 2 aliphatic rings. The molecule has 0 saturated carbocycles. The molecule has 53 heavy (non-hydrogen) atoms. The van der Waals surface area contributed by atoms with E-state index < -0.39 is 0 Å². The first-order valence-corrected chi connectivity index (χ1v) is 18.4. The van der Waals surface area contributed by atoms with Crippen molar-refractivity contribution in [3.8, 4) is 0 Å². The minimum atomic E-state index is -0.283. The lowest BCUT2D eigenvalue weighted by Gasteiger charge is -2.30. The molecule has 7 rings (SSSR count). The number of nitrogens with zero attached hydrogens (tertiary/aromatic N) is 5. The molecule has 2 aliphatic heterocycles. The Hall–Kier alpha value is -5.59. The Kier molecular flexibility index (Phi) is 10.5. The minimum absolute atomic E-state index is 0.0786. The molecule has 5 aromatic rings. The van der Waals surface area contributed by atoms with Crippen LogP contribution in [0.25, 0.3) is 21.5 Å². The van der Waals surface area contributed by atoms with Gasteiger partial charge >= 0.3 is 0 Å². The molecule has 0 bridgehead atoms. The van der Waals surface area contributed by atoms with E-state index in [4.69, 9.17) is 0 Å². The van der Waals surface area contributed by atoms with Crippen LogP contribution in [0.2, 0.25) is 0 Å². The van der Waals surface area contributed by atoms with E-state index in [1.165, 1.54) is 16.8 Å². The van der Waals surface area contributed by atoms with Gasteiger partial charge in [0.15, 0.2) is 0 Å². The molecule has 4 aromatic carbocycles. The highest BCUT2D eigenvalue weighted by atomic mass is 16.3. The predicted octanol–water partition coefficient (Wildman–Crippen LogP) is 4.46. The van der Waals surface area contributed by atoms with Crippen LogP contribution >= 0.6 is 0 Å². The number of rotatable bonds is 17. The van der Waals surface area contributed by atoms with Gasteiger partial charge in [-0.05, 0) is 55.7 Å². The van der Waals surface area contributed by atoms with Gasteiger partial charge in [0.1, 0.15) is 12.4 Å². The summed E-state index contributed by atoms with van der Waals surface area (Å²) in [5.41, 5.74) is 3.80. The summed E-state index contributed by atoms with van der Waals surface area (Å²) in [5, 5.41) is 25.6. The van der Waals surface area contributed by atoms with Gasteiger partial charge in [0.05, 0.1) is 26.3 Å².